The maximum atomic E-state index is 13.0. The first-order valence-corrected chi connectivity index (χ1v) is 15.0. The summed E-state index contributed by atoms with van der Waals surface area (Å²) in [6.45, 7) is 10.6. The monoisotopic (exact) mass is 525 g/mol. The van der Waals surface area contributed by atoms with Gasteiger partial charge in [-0.3, -0.25) is 0 Å². The Kier molecular flexibility index (Phi) is 7.56. The summed E-state index contributed by atoms with van der Waals surface area (Å²) in [7, 11) is -3.69. The lowest BCUT2D eigenvalue weighted by molar-refractivity contribution is 0.122. The molecule has 0 spiro atoms. The minimum absolute atomic E-state index is 0.0736. The Labute approximate surface area is 220 Å². The van der Waals surface area contributed by atoms with E-state index >= 15 is 0 Å². The Morgan fingerprint density at radius 3 is 2.49 bits per heavy atom. The van der Waals surface area contributed by atoms with E-state index < -0.39 is 10.0 Å². The van der Waals surface area contributed by atoms with Crippen LogP contribution in [0, 0.1) is 5.92 Å². The van der Waals surface area contributed by atoms with Crippen molar-refractivity contribution in [2.24, 2.45) is 5.92 Å². The molecule has 2 fully saturated rings. The van der Waals surface area contributed by atoms with Crippen LogP contribution in [0.2, 0.25) is 0 Å². The van der Waals surface area contributed by atoms with E-state index in [1.165, 1.54) is 38.3 Å². The molecule has 2 aromatic heterocycles. The summed E-state index contributed by atoms with van der Waals surface area (Å²) >= 11 is 0. The smallest absolute Gasteiger partial charge is 0.242 e. The van der Waals surface area contributed by atoms with Gasteiger partial charge < -0.3 is 14.2 Å². The molecule has 2 aliphatic rings. The van der Waals surface area contributed by atoms with Gasteiger partial charge in [-0.25, -0.2) is 23.1 Å². The molecule has 3 heterocycles. The number of rotatable bonds is 7. The largest absolute Gasteiger partial charge is 0.378 e. The molecule has 0 bridgehead atoms. The van der Waals surface area contributed by atoms with Crippen LogP contribution in [0.3, 0.4) is 0 Å². The van der Waals surface area contributed by atoms with Crippen LogP contribution in [0.5, 0.6) is 0 Å². The summed E-state index contributed by atoms with van der Waals surface area (Å²) in [5.41, 5.74) is 2.87. The minimum atomic E-state index is -3.69. The zero-order valence-electron chi connectivity index (χ0n) is 22.2. The number of benzene rings is 1. The number of hydrogen-bond donors (Lipinski definition) is 1. The topological polar surface area (TPSA) is 89.3 Å². The van der Waals surface area contributed by atoms with Crippen LogP contribution in [-0.4, -0.2) is 49.3 Å². The van der Waals surface area contributed by atoms with Crippen molar-refractivity contribution in [2.75, 3.05) is 31.2 Å². The standard InChI is InChI=1S/C28H39N5O3S/c1-28(2,3)27-31-24-17-22(9-11-25(24)33(27)20-21-7-5-4-6-8-21)18-30-37(34,35)23-10-12-26(29-19-23)32-13-15-36-16-14-32/h9-12,17,19,21,30H,4-8,13-16,18,20H2,1-3H3. The average molecular weight is 526 g/mol. The van der Waals surface area contributed by atoms with Crippen molar-refractivity contribution < 1.29 is 13.2 Å². The van der Waals surface area contributed by atoms with E-state index in [4.69, 9.17) is 9.72 Å². The lowest BCUT2D eigenvalue weighted by Gasteiger charge is -2.27. The van der Waals surface area contributed by atoms with Gasteiger partial charge in [0.2, 0.25) is 10.0 Å². The first kappa shape index (κ1) is 26.1. The molecule has 0 unspecified atom stereocenters. The van der Waals surface area contributed by atoms with E-state index in [1.54, 1.807) is 12.1 Å². The van der Waals surface area contributed by atoms with E-state index in [9.17, 15) is 8.42 Å². The Hall–Kier alpha value is -2.49. The molecular formula is C28H39N5O3S. The summed E-state index contributed by atoms with van der Waals surface area (Å²) in [6, 6.07) is 9.51. The SMILES string of the molecule is CC(C)(C)c1nc2cc(CNS(=O)(=O)c3ccc(N4CCOCC4)nc3)ccc2n1CC1CCCCC1. The molecule has 3 aromatic rings. The molecule has 5 rings (SSSR count). The summed E-state index contributed by atoms with van der Waals surface area (Å²) in [4.78, 5) is 11.7. The van der Waals surface area contributed by atoms with Crippen LogP contribution in [-0.2, 0) is 33.3 Å². The Balaban J connectivity index is 1.32. The van der Waals surface area contributed by atoms with Crippen LogP contribution in [0.15, 0.2) is 41.4 Å². The molecule has 1 saturated carbocycles. The summed E-state index contributed by atoms with van der Waals surface area (Å²) < 4.78 is 36.4. The van der Waals surface area contributed by atoms with Gasteiger partial charge in [0.25, 0.3) is 0 Å². The maximum Gasteiger partial charge on any atom is 0.242 e. The highest BCUT2D eigenvalue weighted by atomic mass is 32.2. The second kappa shape index (κ2) is 10.7. The van der Waals surface area contributed by atoms with Crippen LogP contribution in [0.25, 0.3) is 11.0 Å². The highest BCUT2D eigenvalue weighted by molar-refractivity contribution is 7.89. The second-order valence-corrected chi connectivity index (χ2v) is 13.2. The third-order valence-electron chi connectivity index (χ3n) is 7.48. The number of morpholine rings is 1. The number of sulfonamides is 1. The van der Waals surface area contributed by atoms with Gasteiger partial charge in [0.05, 0.1) is 24.2 Å². The number of aromatic nitrogens is 3. The number of ether oxygens (including phenoxy) is 1. The molecular weight excluding hydrogens is 486 g/mol. The first-order valence-electron chi connectivity index (χ1n) is 13.5. The molecule has 1 N–H and O–H groups in total. The van der Waals surface area contributed by atoms with E-state index in [1.807, 2.05) is 12.1 Å². The molecule has 1 saturated heterocycles. The van der Waals surface area contributed by atoms with E-state index in [0.717, 1.165) is 47.9 Å². The summed E-state index contributed by atoms with van der Waals surface area (Å²) in [6.07, 6.45) is 7.98. The Morgan fingerprint density at radius 1 is 1.05 bits per heavy atom. The minimum Gasteiger partial charge on any atom is -0.378 e. The predicted octanol–water partition coefficient (Wildman–Crippen LogP) is 4.62. The van der Waals surface area contributed by atoms with Crippen molar-refractivity contribution in [1.82, 2.24) is 19.3 Å². The fourth-order valence-electron chi connectivity index (χ4n) is 5.44. The van der Waals surface area contributed by atoms with Crippen molar-refractivity contribution >= 4 is 26.9 Å². The van der Waals surface area contributed by atoms with Crippen LogP contribution in [0.4, 0.5) is 5.82 Å². The molecule has 9 heteroatoms. The lowest BCUT2D eigenvalue weighted by atomic mass is 9.88. The number of pyridine rings is 1. The van der Waals surface area contributed by atoms with E-state index in [-0.39, 0.29) is 16.9 Å². The zero-order valence-corrected chi connectivity index (χ0v) is 23.1. The Morgan fingerprint density at radius 2 is 1.81 bits per heavy atom. The molecule has 0 amide bonds. The number of nitrogens with zero attached hydrogens (tertiary/aromatic N) is 4. The molecule has 8 nitrogen and oxygen atoms in total. The van der Waals surface area contributed by atoms with Gasteiger partial charge >= 0.3 is 0 Å². The van der Waals surface area contributed by atoms with Gasteiger partial charge in [-0.05, 0) is 48.6 Å². The fraction of sp³-hybridized carbons (Fsp3) is 0.571. The molecule has 0 radical (unpaired) electrons. The first-order chi connectivity index (χ1) is 17.7. The van der Waals surface area contributed by atoms with Crippen molar-refractivity contribution in [2.45, 2.75) is 76.3 Å². The second-order valence-electron chi connectivity index (χ2n) is 11.4. The van der Waals surface area contributed by atoms with Crippen LogP contribution < -0.4 is 9.62 Å². The van der Waals surface area contributed by atoms with Gasteiger partial charge in [0.15, 0.2) is 0 Å². The molecule has 37 heavy (non-hydrogen) atoms. The maximum absolute atomic E-state index is 13.0. The number of hydrogen-bond acceptors (Lipinski definition) is 6. The van der Waals surface area contributed by atoms with Crippen LogP contribution in [0.1, 0.15) is 64.3 Å². The normalized spacial score (nSPS) is 18.0. The van der Waals surface area contributed by atoms with Gasteiger partial charge in [-0.1, -0.05) is 46.1 Å². The van der Waals surface area contributed by atoms with Crippen molar-refractivity contribution in [1.29, 1.82) is 0 Å². The average Bonchev–Trinajstić information content (AvgIpc) is 3.27. The number of fused-ring (bicyclic) bond motifs is 1. The van der Waals surface area contributed by atoms with Crippen molar-refractivity contribution in [3.8, 4) is 0 Å². The van der Waals surface area contributed by atoms with Gasteiger partial charge in [-0.2, -0.15) is 0 Å². The van der Waals surface area contributed by atoms with E-state index in [2.05, 4.69) is 46.0 Å². The molecule has 1 aromatic carbocycles. The summed E-state index contributed by atoms with van der Waals surface area (Å²) in [5.74, 6) is 2.56. The third-order valence-corrected chi connectivity index (χ3v) is 8.87. The molecule has 200 valence electrons. The fourth-order valence-corrected chi connectivity index (χ4v) is 6.41. The number of nitrogens with one attached hydrogen (secondary N) is 1. The van der Waals surface area contributed by atoms with Crippen LogP contribution >= 0.6 is 0 Å². The highest BCUT2D eigenvalue weighted by Gasteiger charge is 2.25. The highest BCUT2D eigenvalue weighted by Crippen LogP contribution is 2.31. The predicted molar refractivity (Wildman–Crippen MR) is 146 cm³/mol. The molecule has 1 aliphatic carbocycles. The zero-order chi connectivity index (χ0) is 26.0. The molecule has 1 aliphatic heterocycles. The van der Waals surface area contributed by atoms with Crippen molar-refractivity contribution in [3.05, 3.63) is 47.9 Å². The Bertz CT molecular complexity index is 1320. The van der Waals surface area contributed by atoms with Gasteiger partial charge in [0, 0.05) is 37.8 Å². The summed E-state index contributed by atoms with van der Waals surface area (Å²) in [5, 5.41) is 0. The van der Waals surface area contributed by atoms with Gasteiger partial charge in [0.1, 0.15) is 16.5 Å². The third kappa shape index (κ3) is 5.99. The van der Waals surface area contributed by atoms with Gasteiger partial charge in [-0.15, -0.1) is 0 Å². The molecule has 0 atom stereocenters. The number of anilines is 1. The van der Waals surface area contributed by atoms with E-state index in [0.29, 0.717) is 19.1 Å². The van der Waals surface area contributed by atoms with Crippen molar-refractivity contribution in [3.63, 3.8) is 0 Å². The quantitative estimate of drug-likeness (QED) is 0.484. The lowest BCUT2D eigenvalue weighted by Crippen LogP contribution is -2.36. The number of imidazole rings is 1.